The number of rotatable bonds is 4. The second-order valence-electron chi connectivity index (χ2n) is 4.15. The molecule has 3 nitrogen and oxygen atoms in total. The van der Waals surface area contributed by atoms with E-state index in [1.54, 1.807) is 24.1 Å². The summed E-state index contributed by atoms with van der Waals surface area (Å²) < 4.78 is 0. The van der Waals surface area contributed by atoms with Crippen LogP contribution in [0.5, 0.6) is 0 Å². The Morgan fingerprint density at radius 2 is 1.74 bits per heavy atom. The van der Waals surface area contributed by atoms with Crippen molar-refractivity contribution in [2.75, 3.05) is 23.4 Å². The van der Waals surface area contributed by atoms with Gasteiger partial charge < -0.3 is 10.6 Å². The Morgan fingerprint density at radius 1 is 1.11 bits per heavy atom. The van der Waals surface area contributed by atoms with Gasteiger partial charge in [-0.15, -0.1) is 11.8 Å². The number of hydrogen-bond acceptors (Lipinski definition) is 3. The molecule has 0 aliphatic carbocycles. The number of thioether (sulfide) groups is 1. The molecule has 0 saturated heterocycles. The fraction of sp³-hybridized carbons (Fsp3) is 0.133. The number of nitrogen functional groups attached to an aromatic ring is 1. The van der Waals surface area contributed by atoms with Crippen LogP contribution in [0.2, 0.25) is 0 Å². The molecule has 2 rings (SSSR count). The van der Waals surface area contributed by atoms with Crippen LogP contribution < -0.4 is 10.6 Å². The molecule has 2 aromatic carbocycles. The van der Waals surface area contributed by atoms with Crippen LogP contribution in [0.3, 0.4) is 0 Å². The van der Waals surface area contributed by atoms with Crippen molar-refractivity contribution in [2.24, 2.45) is 0 Å². The number of amides is 1. The summed E-state index contributed by atoms with van der Waals surface area (Å²) in [6.45, 7) is 0. The molecule has 0 radical (unpaired) electrons. The molecule has 0 atom stereocenters. The highest BCUT2D eigenvalue weighted by Gasteiger charge is 2.10. The standard InChI is InChI=1S/C15H16N2OS/c1-17(13-9-7-12(16)8-10-13)15(18)11-19-14-5-3-2-4-6-14/h2-10H,11,16H2,1H3. The number of anilines is 2. The lowest BCUT2D eigenvalue weighted by atomic mass is 10.2. The van der Waals surface area contributed by atoms with E-state index < -0.39 is 0 Å². The molecule has 98 valence electrons. The van der Waals surface area contributed by atoms with Crippen LogP contribution in [0.1, 0.15) is 0 Å². The Balaban J connectivity index is 1.94. The molecular weight excluding hydrogens is 256 g/mol. The van der Waals surface area contributed by atoms with Crippen LogP contribution in [0.15, 0.2) is 59.5 Å². The Morgan fingerprint density at radius 3 is 2.37 bits per heavy atom. The third-order valence-electron chi connectivity index (χ3n) is 2.76. The minimum atomic E-state index is 0.0682. The first-order valence-corrected chi connectivity index (χ1v) is 6.95. The molecule has 0 heterocycles. The Labute approximate surface area is 117 Å². The minimum absolute atomic E-state index is 0.0682. The van der Waals surface area contributed by atoms with Gasteiger partial charge >= 0.3 is 0 Å². The summed E-state index contributed by atoms with van der Waals surface area (Å²) in [5, 5.41) is 0. The van der Waals surface area contributed by atoms with Crippen LogP contribution in [-0.4, -0.2) is 18.7 Å². The SMILES string of the molecule is CN(C(=O)CSc1ccccc1)c1ccc(N)cc1. The topological polar surface area (TPSA) is 46.3 Å². The lowest BCUT2D eigenvalue weighted by Gasteiger charge is -2.17. The Bertz CT molecular complexity index is 540. The zero-order valence-corrected chi connectivity index (χ0v) is 11.6. The van der Waals surface area contributed by atoms with Crippen molar-refractivity contribution in [2.45, 2.75) is 4.90 Å². The van der Waals surface area contributed by atoms with Crippen molar-refractivity contribution >= 4 is 29.0 Å². The Kier molecular flexibility index (Phi) is 4.47. The summed E-state index contributed by atoms with van der Waals surface area (Å²) in [7, 11) is 1.78. The Hall–Kier alpha value is -1.94. The van der Waals surface area contributed by atoms with E-state index in [1.165, 1.54) is 11.8 Å². The summed E-state index contributed by atoms with van der Waals surface area (Å²) in [5.74, 6) is 0.490. The van der Waals surface area contributed by atoms with Crippen LogP contribution in [0.25, 0.3) is 0 Å². The first-order chi connectivity index (χ1) is 9.16. The highest BCUT2D eigenvalue weighted by molar-refractivity contribution is 8.00. The smallest absolute Gasteiger partial charge is 0.237 e. The van der Waals surface area contributed by atoms with Crippen molar-refractivity contribution in [1.82, 2.24) is 0 Å². The molecule has 0 bridgehead atoms. The number of nitrogens with two attached hydrogens (primary N) is 1. The van der Waals surface area contributed by atoms with Crippen molar-refractivity contribution in [3.63, 3.8) is 0 Å². The van der Waals surface area contributed by atoms with Crippen LogP contribution in [-0.2, 0) is 4.79 Å². The molecular formula is C15H16N2OS. The second-order valence-corrected chi connectivity index (χ2v) is 5.19. The molecule has 0 unspecified atom stereocenters. The molecule has 4 heteroatoms. The normalized spacial score (nSPS) is 10.2. The van der Waals surface area contributed by atoms with E-state index in [1.807, 2.05) is 42.5 Å². The van der Waals surface area contributed by atoms with E-state index >= 15 is 0 Å². The van der Waals surface area contributed by atoms with Gasteiger partial charge in [-0.3, -0.25) is 4.79 Å². The van der Waals surface area contributed by atoms with Crippen molar-refractivity contribution in [3.8, 4) is 0 Å². The van der Waals surface area contributed by atoms with E-state index in [9.17, 15) is 4.79 Å². The van der Waals surface area contributed by atoms with Gasteiger partial charge in [0, 0.05) is 23.3 Å². The quantitative estimate of drug-likeness (QED) is 0.687. The number of carbonyl (C=O) groups is 1. The van der Waals surface area contributed by atoms with Gasteiger partial charge in [-0.1, -0.05) is 18.2 Å². The third-order valence-corrected chi connectivity index (χ3v) is 3.76. The van der Waals surface area contributed by atoms with Gasteiger partial charge in [0.05, 0.1) is 5.75 Å². The third kappa shape index (κ3) is 3.76. The molecule has 0 fully saturated rings. The maximum atomic E-state index is 12.1. The molecule has 0 aromatic heterocycles. The van der Waals surface area contributed by atoms with Gasteiger partial charge in [-0.2, -0.15) is 0 Å². The van der Waals surface area contributed by atoms with Gasteiger partial charge in [-0.05, 0) is 36.4 Å². The van der Waals surface area contributed by atoms with E-state index in [-0.39, 0.29) is 5.91 Å². The summed E-state index contributed by atoms with van der Waals surface area (Å²) >= 11 is 1.54. The second kappa shape index (κ2) is 6.29. The van der Waals surface area contributed by atoms with Gasteiger partial charge in [-0.25, -0.2) is 0 Å². The molecule has 0 saturated carbocycles. The summed E-state index contributed by atoms with van der Waals surface area (Å²) in [6.07, 6.45) is 0. The van der Waals surface area contributed by atoms with Crippen molar-refractivity contribution in [3.05, 3.63) is 54.6 Å². The number of carbonyl (C=O) groups excluding carboxylic acids is 1. The predicted octanol–water partition coefficient (Wildman–Crippen LogP) is 3.02. The first-order valence-electron chi connectivity index (χ1n) is 5.97. The van der Waals surface area contributed by atoms with Gasteiger partial charge in [0.2, 0.25) is 5.91 Å². The van der Waals surface area contributed by atoms with Crippen LogP contribution in [0.4, 0.5) is 11.4 Å². The van der Waals surface area contributed by atoms with E-state index in [0.717, 1.165) is 10.6 Å². The summed E-state index contributed by atoms with van der Waals surface area (Å²) in [6, 6.07) is 17.2. The van der Waals surface area contributed by atoms with Gasteiger partial charge in [0.25, 0.3) is 0 Å². The number of hydrogen-bond donors (Lipinski definition) is 1. The van der Waals surface area contributed by atoms with E-state index in [0.29, 0.717) is 11.4 Å². The van der Waals surface area contributed by atoms with E-state index in [4.69, 9.17) is 5.73 Å². The average molecular weight is 272 g/mol. The van der Waals surface area contributed by atoms with Crippen molar-refractivity contribution in [1.29, 1.82) is 0 Å². The monoisotopic (exact) mass is 272 g/mol. The molecule has 0 spiro atoms. The lowest BCUT2D eigenvalue weighted by Crippen LogP contribution is -2.27. The highest BCUT2D eigenvalue weighted by atomic mass is 32.2. The van der Waals surface area contributed by atoms with Crippen LogP contribution in [0, 0.1) is 0 Å². The van der Waals surface area contributed by atoms with Crippen molar-refractivity contribution < 1.29 is 4.79 Å². The molecule has 0 aliphatic heterocycles. The lowest BCUT2D eigenvalue weighted by molar-refractivity contribution is -0.115. The summed E-state index contributed by atoms with van der Waals surface area (Å²) in [5.41, 5.74) is 7.18. The molecule has 2 aromatic rings. The molecule has 1 amide bonds. The average Bonchev–Trinajstić information content (AvgIpc) is 2.46. The maximum Gasteiger partial charge on any atom is 0.237 e. The van der Waals surface area contributed by atoms with Gasteiger partial charge in [0.1, 0.15) is 0 Å². The molecule has 2 N–H and O–H groups in total. The zero-order valence-electron chi connectivity index (χ0n) is 10.7. The largest absolute Gasteiger partial charge is 0.399 e. The minimum Gasteiger partial charge on any atom is -0.399 e. The predicted molar refractivity (Wildman–Crippen MR) is 81.4 cm³/mol. The number of benzene rings is 2. The summed E-state index contributed by atoms with van der Waals surface area (Å²) in [4.78, 5) is 14.8. The van der Waals surface area contributed by atoms with Crippen LogP contribution >= 0.6 is 11.8 Å². The first kappa shape index (κ1) is 13.5. The highest BCUT2D eigenvalue weighted by Crippen LogP contribution is 2.20. The molecule has 0 aliphatic rings. The number of nitrogens with zero attached hydrogens (tertiary/aromatic N) is 1. The van der Waals surface area contributed by atoms with Gasteiger partial charge in [0.15, 0.2) is 0 Å². The fourth-order valence-electron chi connectivity index (χ4n) is 1.60. The molecule has 19 heavy (non-hydrogen) atoms. The fourth-order valence-corrected chi connectivity index (χ4v) is 2.43. The zero-order chi connectivity index (χ0) is 13.7. The maximum absolute atomic E-state index is 12.1. The van der Waals surface area contributed by atoms with E-state index in [2.05, 4.69) is 0 Å².